The van der Waals surface area contributed by atoms with Gasteiger partial charge >= 0.3 is 0 Å². The van der Waals surface area contributed by atoms with Gasteiger partial charge in [0.15, 0.2) is 0 Å². The Hall–Kier alpha value is -0.260. The number of hydrogen-bond donors (Lipinski definition) is 0. The summed E-state index contributed by atoms with van der Waals surface area (Å²) in [5.74, 6) is 2.02. The minimum Gasteiger partial charge on any atom is -0.103 e. The predicted octanol–water partition coefficient (Wildman–Crippen LogP) is 5.20. The lowest BCUT2D eigenvalue weighted by Crippen LogP contribution is -2.05. The average molecular weight is 220 g/mol. The average Bonchev–Trinajstić information content (AvgIpc) is 3.05. The maximum absolute atomic E-state index is 3.94. The van der Waals surface area contributed by atoms with Gasteiger partial charge in [-0.1, -0.05) is 33.3 Å². The second kappa shape index (κ2) is 4.20. The zero-order valence-corrected chi connectivity index (χ0v) is 11.4. The van der Waals surface area contributed by atoms with E-state index in [1.807, 2.05) is 0 Å². The van der Waals surface area contributed by atoms with E-state index in [1.54, 1.807) is 0 Å². The van der Waals surface area contributed by atoms with E-state index in [-0.39, 0.29) is 0 Å². The summed E-state index contributed by atoms with van der Waals surface area (Å²) in [6, 6.07) is 0. The molecule has 0 bridgehead atoms. The van der Waals surface area contributed by atoms with Gasteiger partial charge in [0, 0.05) is 0 Å². The highest BCUT2D eigenvalue weighted by atomic mass is 14.6. The molecule has 2 aliphatic carbocycles. The smallest absolute Gasteiger partial charge is 0.0232 e. The Labute approximate surface area is 102 Å². The second-order valence-corrected chi connectivity index (χ2v) is 6.80. The van der Waals surface area contributed by atoms with Crippen LogP contribution in [0.15, 0.2) is 12.7 Å². The molecule has 2 fully saturated rings. The van der Waals surface area contributed by atoms with Crippen molar-refractivity contribution in [1.82, 2.24) is 0 Å². The summed E-state index contributed by atoms with van der Waals surface area (Å²) in [7, 11) is 0. The van der Waals surface area contributed by atoms with Gasteiger partial charge in [-0.3, -0.25) is 0 Å². The van der Waals surface area contributed by atoms with Gasteiger partial charge in [-0.2, -0.15) is 0 Å². The third kappa shape index (κ3) is 2.21. The summed E-state index contributed by atoms with van der Waals surface area (Å²) in [6.45, 7) is 11.2. The van der Waals surface area contributed by atoms with Gasteiger partial charge in [-0.25, -0.2) is 0 Å². The monoisotopic (exact) mass is 220 g/mol. The molecule has 2 saturated carbocycles. The molecule has 92 valence electrons. The number of allylic oxidation sites excluding steroid dienone is 1. The molecule has 0 aromatic heterocycles. The molecule has 0 radical (unpaired) electrons. The van der Waals surface area contributed by atoms with Crippen molar-refractivity contribution in [3.8, 4) is 0 Å². The van der Waals surface area contributed by atoms with Crippen molar-refractivity contribution in [3.05, 3.63) is 12.7 Å². The maximum atomic E-state index is 3.94. The maximum Gasteiger partial charge on any atom is -0.0232 e. The molecule has 0 heteroatoms. The standard InChI is InChI=1S/C16H28/c1-5-8-16(9-6-2)12-14(16)7-10-15(4)11-13(15)3/h5,13-14H,1,6-12H2,2-4H3. The molecule has 0 aromatic carbocycles. The Kier molecular flexibility index (Phi) is 3.20. The molecule has 0 heterocycles. The van der Waals surface area contributed by atoms with Crippen LogP contribution in [0.3, 0.4) is 0 Å². The molecule has 0 saturated heterocycles. The summed E-state index contributed by atoms with van der Waals surface area (Å²) in [5.41, 5.74) is 1.40. The highest BCUT2D eigenvalue weighted by Gasteiger charge is 2.53. The first-order valence-electron chi connectivity index (χ1n) is 7.17. The Bertz CT molecular complexity index is 267. The molecule has 0 aromatic rings. The van der Waals surface area contributed by atoms with Crippen LogP contribution in [0, 0.1) is 22.7 Å². The van der Waals surface area contributed by atoms with Gasteiger partial charge in [0.05, 0.1) is 0 Å². The van der Waals surface area contributed by atoms with Crippen LogP contribution in [0.1, 0.15) is 65.7 Å². The van der Waals surface area contributed by atoms with E-state index in [0.717, 1.165) is 11.8 Å². The molecule has 2 aliphatic rings. The fourth-order valence-electron chi connectivity index (χ4n) is 3.78. The predicted molar refractivity (Wildman–Crippen MR) is 71.4 cm³/mol. The summed E-state index contributed by atoms with van der Waals surface area (Å²) in [4.78, 5) is 0. The van der Waals surface area contributed by atoms with Crippen LogP contribution in [-0.4, -0.2) is 0 Å². The van der Waals surface area contributed by atoms with Crippen molar-refractivity contribution in [2.75, 3.05) is 0 Å². The third-order valence-corrected chi connectivity index (χ3v) is 5.52. The van der Waals surface area contributed by atoms with Gasteiger partial charge < -0.3 is 0 Å². The van der Waals surface area contributed by atoms with Crippen LogP contribution >= 0.6 is 0 Å². The van der Waals surface area contributed by atoms with E-state index in [4.69, 9.17) is 0 Å². The van der Waals surface area contributed by atoms with Gasteiger partial charge in [0.1, 0.15) is 0 Å². The summed E-state index contributed by atoms with van der Waals surface area (Å²) in [6.07, 6.45) is 12.1. The lowest BCUT2D eigenvalue weighted by atomic mass is 9.89. The van der Waals surface area contributed by atoms with E-state index >= 15 is 0 Å². The molecule has 0 amide bonds. The number of hydrogen-bond acceptors (Lipinski definition) is 0. The van der Waals surface area contributed by atoms with Crippen LogP contribution < -0.4 is 0 Å². The van der Waals surface area contributed by atoms with E-state index < -0.39 is 0 Å². The van der Waals surface area contributed by atoms with Crippen molar-refractivity contribution in [2.45, 2.75) is 65.7 Å². The van der Waals surface area contributed by atoms with E-state index in [1.165, 1.54) is 44.9 Å². The highest BCUT2D eigenvalue weighted by Crippen LogP contribution is 2.63. The zero-order valence-electron chi connectivity index (χ0n) is 11.4. The van der Waals surface area contributed by atoms with Crippen molar-refractivity contribution in [1.29, 1.82) is 0 Å². The van der Waals surface area contributed by atoms with Gasteiger partial charge in [-0.05, 0) is 61.2 Å². The Morgan fingerprint density at radius 1 is 1.31 bits per heavy atom. The lowest BCUT2D eigenvalue weighted by molar-refractivity contribution is 0.368. The molecule has 0 aliphatic heterocycles. The lowest BCUT2D eigenvalue weighted by Gasteiger charge is -2.16. The van der Waals surface area contributed by atoms with E-state index in [9.17, 15) is 0 Å². The molecule has 0 nitrogen and oxygen atoms in total. The third-order valence-electron chi connectivity index (χ3n) is 5.52. The summed E-state index contributed by atoms with van der Waals surface area (Å²) >= 11 is 0. The molecular formula is C16H28. The number of rotatable bonds is 7. The molecule has 16 heavy (non-hydrogen) atoms. The minimum atomic E-state index is 0.686. The van der Waals surface area contributed by atoms with Crippen molar-refractivity contribution >= 4 is 0 Å². The Morgan fingerprint density at radius 2 is 2.00 bits per heavy atom. The van der Waals surface area contributed by atoms with E-state index in [2.05, 4.69) is 33.4 Å². The second-order valence-electron chi connectivity index (χ2n) is 6.80. The van der Waals surface area contributed by atoms with Crippen LogP contribution in [0.25, 0.3) is 0 Å². The summed E-state index contributed by atoms with van der Waals surface area (Å²) < 4.78 is 0. The first-order valence-corrected chi connectivity index (χ1v) is 7.17. The topological polar surface area (TPSA) is 0 Å². The van der Waals surface area contributed by atoms with Crippen LogP contribution in [-0.2, 0) is 0 Å². The van der Waals surface area contributed by atoms with Crippen molar-refractivity contribution < 1.29 is 0 Å². The SMILES string of the molecule is C=CCC1(CCC)CC1CCC1(C)CC1C. The minimum absolute atomic E-state index is 0.686. The Morgan fingerprint density at radius 3 is 2.50 bits per heavy atom. The molecule has 4 atom stereocenters. The van der Waals surface area contributed by atoms with Crippen LogP contribution in [0.5, 0.6) is 0 Å². The highest BCUT2D eigenvalue weighted by molar-refractivity contribution is 5.06. The summed E-state index contributed by atoms with van der Waals surface area (Å²) in [5, 5.41) is 0. The zero-order chi connectivity index (χ0) is 11.8. The molecule has 0 N–H and O–H groups in total. The van der Waals surface area contributed by atoms with Crippen LogP contribution in [0.2, 0.25) is 0 Å². The fourth-order valence-corrected chi connectivity index (χ4v) is 3.78. The van der Waals surface area contributed by atoms with Gasteiger partial charge in [0.2, 0.25) is 0 Å². The normalized spacial score (nSPS) is 45.4. The van der Waals surface area contributed by atoms with Crippen LogP contribution in [0.4, 0.5) is 0 Å². The molecular weight excluding hydrogens is 192 g/mol. The fraction of sp³-hybridized carbons (Fsp3) is 0.875. The first-order chi connectivity index (χ1) is 7.56. The molecule has 0 spiro atoms. The molecule has 2 rings (SSSR count). The van der Waals surface area contributed by atoms with Gasteiger partial charge in [-0.15, -0.1) is 6.58 Å². The quantitative estimate of drug-likeness (QED) is 0.518. The van der Waals surface area contributed by atoms with E-state index in [0.29, 0.717) is 10.8 Å². The first kappa shape index (κ1) is 12.2. The van der Waals surface area contributed by atoms with Gasteiger partial charge in [0.25, 0.3) is 0 Å². The Balaban J connectivity index is 1.77. The largest absolute Gasteiger partial charge is 0.103 e. The van der Waals surface area contributed by atoms with Crippen molar-refractivity contribution in [3.63, 3.8) is 0 Å². The molecule has 4 unspecified atom stereocenters. The van der Waals surface area contributed by atoms with Crippen molar-refractivity contribution in [2.24, 2.45) is 22.7 Å².